The Hall–Kier alpha value is -3.09. The fourth-order valence-electron chi connectivity index (χ4n) is 3.18. The summed E-state index contributed by atoms with van der Waals surface area (Å²) in [6, 6.07) is 9.73. The van der Waals surface area contributed by atoms with Crippen molar-refractivity contribution in [2.24, 2.45) is 0 Å². The molecule has 0 aliphatic rings. The number of carbonyl (C=O) groups is 1. The zero-order valence-corrected chi connectivity index (χ0v) is 16.2. The topological polar surface area (TPSA) is 76.8 Å². The van der Waals surface area contributed by atoms with Crippen LogP contribution in [0.3, 0.4) is 0 Å². The van der Waals surface area contributed by atoms with Gasteiger partial charge in [0.25, 0.3) is 0 Å². The molecule has 0 saturated heterocycles. The lowest BCUT2D eigenvalue weighted by molar-refractivity contribution is 0.247. The Balaban J connectivity index is 1.77. The molecule has 0 aliphatic carbocycles. The Morgan fingerprint density at radius 1 is 1.19 bits per heavy atom. The Bertz CT molecular complexity index is 883. The summed E-state index contributed by atoms with van der Waals surface area (Å²) in [5.74, 6) is 0. The predicted molar refractivity (Wildman–Crippen MR) is 106 cm³/mol. The number of amides is 2. The monoisotopic (exact) mass is 366 g/mol. The van der Waals surface area contributed by atoms with Crippen LogP contribution in [0.25, 0.3) is 0 Å². The van der Waals surface area contributed by atoms with Crippen molar-refractivity contribution in [1.29, 1.82) is 0 Å². The van der Waals surface area contributed by atoms with Crippen LogP contribution in [-0.4, -0.2) is 25.4 Å². The molecule has 0 bridgehead atoms. The van der Waals surface area contributed by atoms with Gasteiger partial charge in [-0.3, -0.25) is 4.68 Å². The maximum absolute atomic E-state index is 12.7. The van der Waals surface area contributed by atoms with Crippen LogP contribution in [0.15, 0.2) is 49.1 Å². The zero-order chi connectivity index (χ0) is 19.4. The fourth-order valence-corrected chi connectivity index (χ4v) is 3.18. The molecular formula is C20H26N6O. The van der Waals surface area contributed by atoms with Crippen molar-refractivity contribution in [3.05, 3.63) is 66.0 Å². The van der Waals surface area contributed by atoms with Gasteiger partial charge in [0, 0.05) is 25.0 Å². The summed E-state index contributed by atoms with van der Waals surface area (Å²) < 4.78 is 3.87. The molecule has 0 fully saturated rings. The van der Waals surface area contributed by atoms with E-state index in [1.54, 1.807) is 12.5 Å². The first kappa shape index (κ1) is 18.7. The van der Waals surface area contributed by atoms with Crippen molar-refractivity contribution in [2.75, 3.05) is 5.32 Å². The number of aryl methyl sites for hydroxylation is 1. The molecule has 0 radical (unpaired) electrons. The van der Waals surface area contributed by atoms with Crippen LogP contribution in [0.1, 0.15) is 42.9 Å². The van der Waals surface area contributed by atoms with Gasteiger partial charge in [-0.1, -0.05) is 30.3 Å². The van der Waals surface area contributed by atoms with Gasteiger partial charge < -0.3 is 15.2 Å². The minimum atomic E-state index is -0.251. The van der Waals surface area contributed by atoms with Gasteiger partial charge in [-0.15, -0.1) is 0 Å². The molecule has 2 aromatic heterocycles. The van der Waals surface area contributed by atoms with E-state index in [2.05, 4.69) is 34.6 Å². The van der Waals surface area contributed by atoms with Crippen molar-refractivity contribution in [2.45, 2.75) is 46.3 Å². The first-order valence-corrected chi connectivity index (χ1v) is 9.09. The van der Waals surface area contributed by atoms with Crippen LogP contribution in [0.5, 0.6) is 0 Å². The third kappa shape index (κ3) is 4.36. The van der Waals surface area contributed by atoms with E-state index >= 15 is 0 Å². The second-order valence-electron chi connectivity index (χ2n) is 6.91. The number of rotatable bonds is 6. The number of aromatic nitrogens is 4. The van der Waals surface area contributed by atoms with E-state index in [1.165, 1.54) is 0 Å². The molecule has 2 N–H and O–H groups in total. The Morgan fingerprint density at radius 3 is 2.52 bits per heavy atom. The van der Waals surface area contributed by atoms with Gasteiger partial charge in [-0.25, -0.2) is 9.78 Å². The lowest BCUT2D eigenvalue weighted by atomic mass is 10.1. The fraction of sp³-hybridized carbons (Fsp3) is 0.350. The number of imidazole rings is 1. The minimum Gasteiger partial charge on any atom is -0.335 e. The first-order valence-electron chi connectivity index (χ1n) is 9.09. The van der Waals surface area contributed by atoms with Gasteiger partial charge in [0.1, 0.15) is 0 Å². The van der Waals surface area contributed by atoms with Crippen LogP contribution in [-0.2, 0) is 6.54 Å². The molecular weight excluding hydrogens is 340 g/mol. The van der Waals surface area contributed by atoms with Gasteiger partial charge >= 0.3 is 6.03 Å². The summed E-state index contributed by atoms with van der Waals surface area (Å²) in [4.78, 5) is 16.8. The maximum Gasteiger partial charge on any atom is 0.319 e. The van der Waals surface area contributed by atoms with Crippen molar-refractivity contribution in [3.63, 3.8) is 0 Å². The number of benzene rings is 1. The molecule has 0 spiro atoms. The van der Waals surface area contributed by atoms with Crippen LogP contribution < -0.4 is 10.6 Å². The highest BCUT2D eigenvalue weighted by atomic mass is 16.2. The number of hydrogen-bond donors (Lipinski definition) is 2. The van der Waals surface area contributed by atoms with E-state index in [0.29, 0.717) is 6.54 Å². The summed E-state index contributed by atoms with van der Waals surface area (Å²) in [6.07, 6.45) is 5.36. The van der Waals surface area contributed by atoms with Gasteiger partial charge in [-0.2, -0.15) is 5.10 Å². The summed E-state index contributed by atoms with van der Waals surface area (Å²) in [5.41, 5.74) is 3.55. The Morgan fingerprint density at radius 2 is 1.93 bits per heavy atom. The normalized spacial score (nSPS) is 12.2. The minimum absolute atomic E-state index is 0.179. The first-order chi connectivity index (χ1) is 13.0. The Kier molecular flexibility index (Phi) is 5.59. The number of nitrogens with zero attached hydrogens (tertiary/aromatic N) is 4. The number of nitrogens with one attached hydrogen (secondary N) is 2. The lowest BCUT2D eigenvalue weighted by Crippen LogP contribution is -2.35. The average molecular weight is 366 g/mol. The second-order valence-corrected chi connectivity index (χ2v) is 6.91. The van der Waals surface area contributed by atoms with E-state index in [-0.39, 0.29) is 18.1 Å². The average Bonchev–Trinajstić information content (AvgIpc) is 3.25. The molecule has 1 aromatic carbocycles. The van der Waals surface area contributed by atoms with E-state index in [9.17, 15) is 4.79 Å². The van der Waals surface area contributed by atoms with E-state index in [1.807, 2.05) is 59.6 Å². The van der Waals surface area contributed by atoms with Crippen LogP contribution in [0.2, 0.25) is 0 Å². The molecule has 0 aliphatic heterocycles. The van der Waals surface area contributed by atoms with E-state index in [4.69, 9.17) is 0 Å². The van der Waals surface area contributed by atoms with Crippen molar-refractivity contribution in [3.8, 4) is 0 Å². The number of urea groups is 1. The zero-order valence-electron chi connectivity index (χ0n) is 16.2. The van der Waals surface area contributed by atoms with Gasteiger partial charge in [0.15, 0.2) is 0 Å². The van der Waals surface area contributed by atoms with E-state index < -0.39 is 0 Å². The highest BCUT2D eigenvalue weighted by Gasteiger charge is 2.19. The number of anilines is 1. The summed E-state index contributed by atoms with van der Waals surface area (Å²) in [6.45, 7) is 8.61. The summed E-state index contributed by atoms with van der Waals surface area (Å²) in [5, 5.41) is 10.6. The largest absolute Gasteiger partial charge is 0.335 e. The summed E-state index contributed by atoms with van der Waals surface area (Å²) in [7, 11) is 0. The van der Waals surface area contributed by atoms with Crippen molar-refractivity contribution >= 4 is 11.7 Å². The molecule has 3 rings (SSSR count). The molecule has 142 valence electrons. The number of hydrogen-bond acceptors (Lipinski definition) is 3. The summed E-state index contributed by atoms with van der Waals surface area (Å²) >= 11 is 0. The van der Waals surface area contributed by atoms with Gasteiger partial charge in [0.05, 0.1) is 29.4 Å². The van der Waals surface area contributed by atoms with Crippen molar-refractivity contribution in [1.82, 2.24) is 24.6 Å². The van der Waals surface area contributed by atoms with Crippen LogP contribution in [0.4, 0.5) is 10.5 Å². The second kappa shape index (κ2) is 8.07. The highest BCUT2D eigenvalue weighted by molar-refractivity contribution is 5.90. The quantitative estimate of drug-likeness (QED) is 0.696. The molecule has 7 heteroatoms. The predicted octanol–water partition coefficient (Wildman–Crippen LogP) is 3.84. The Labute approximate surface area is 159 Å². The SMILES string of the molecule is Cc1nn(C(C)C)c(C)c1NC(=O)N[C@H](Cn1ccnc1)c1ccccc1. The van der Waals surface area contributed by atoms with Gasteiger partial charge in [-0.05, 0) is 33.3 Å². The van der Waals surface area contributed by atoms with E-state index in [0.717, 1.165) is 22.6 Å². The molecule has 2 amide bonds. The molecule has 0 saturated carbocycles. The highest BCUT2D eigenvalue weighted by Crippen LogP contribution is 2.23. The van der Waals surface area contributed by atoms with Crippen LogP contribution in [0, 0.1) is 13.8 Å². The lowest BCUT2D eigenvalue weighted by Gasteiger charge is -2.20. The molecule has 7 nitrogen and oxygen atoms in total. The molecule has 3 aromatic rings. The molecule has 27 heavy (non-hydrogen) atoms. The maximum atomic E-state index is 12.7. The third-order valence-corrected chi connectivity index (χ3v) is 4.51. The van der Waals surface area contributed by atoms with Crippen molar-refractivity contribution < 1.29 is 4.79 Å². The smallest absolute Gasteiger partial charge is 0.319 e. The van der Waals surface area contributed by atoms with Crippen LogP contribution >= 0.6 is 0 Å². The third-order valence-electron chi connectivity index (χ3n) is 4.51. The molecule has 2 heterocycles. The van der Waals surface area contributed by atoms with Gasteiger partial charge in [0.2, 0.25) is 0 Å². The molecule has 0 unspecified atom stereocenters. The molecule has 1 atom stereocenters. The standard InChI is InChI=1S/C20H26N6O/c1-14(2)26-16(4)19(15(3)24-26)23-20(27)22-18(12-25-11-10-21-13-25)17-8-6-5-7-9-17/h5-11,13-14,18H,12H2,1-4H3,(H2,22,23,27)/t18-/m1/s1. The number of carbonyl (C=O) groups excluding carboxylic acids is 1.